The summed E-state index contributed by atoms with van der Waals surface area (Å²) in [4.78, 5) is 6.92. The molecular formula is C17H23N3. The van der Waals surface area contributed by atoms with Crippen LogP contribution in [0.1, 0.15) is 29.3 Å². The number of pyridine rings is 1. The van der Waals surface area contributed by atoms with Crippen molar-refractivity contribution in [2.24, 2.45) is 0 Å². The monoisotopic (exact) mass is 269 g/mol. The topological polar surface area (TPSA) is 42.2 Å². The van der Waals surface area contributed by atoms with Gasteiger partial charge in [0, 0.05) is 25.0 Å². The molecule has 0 spiro atoms. The van der Waals surface area contributed by atoms with Crippen LogP contribution in [0.5, 0.6) is 0 Å². The largest absolute Gasteiger partial charge is 0.398 e. The van der Waals surface area contributed by atoms with E-state index in [4.69, 9.17) is 5.73 Å². The molecule has 0 radical (unpaired) electrons. The molecule has 0 aliphatic carbocycles. The second kappa shape index (κ2) is 6.53. The van der Waals surface area contributed by atoms with Crippen molar-refractivity contribution in [1.29, 1.82) is 0 Å². The average molecular weight is 269 g/mol. The van der Waals surface area contributed by atoms with Gasteiger partial charge in [0.2, 0.25) is 0 Å². The Bertz CT molecular complexity index is 564. The van der Waals surface area contributed by atoms with Crippen molar-refractivity contribution in [3.8, 4) is 0 Å². The Morgan fingerprint density at radius 2 is 1.80 bits per heavy atom. The van der Waals surface area contributed by atoms with Crippen LogP contribution in [0.25, 0.3) is 0 Å². The molecule has 0 aliphatic heterocycles. The molecule has 0 saturated carbocycles. The summed E-state index contributed by atoms with van der Waals surface area (Å²) in [5.74, 6) is 0. The molecule has 0 saturated heterocycles. The van der Waals surface area contributed by atoms with Crippen molar-refractivity contribution >= 4 is 5.69 Å². The average Bonchev–Trinajstić information content (AvgIpc) is 2.48. The van der Waals surface area contributed by atoms with Crippen molar-refractivity contribution in [2.45, 2.75) is 33.9 Å². The number of aryl methyl sites for hydroxylation is 1. The summed E-state index contributed by atoms with van der Waals surface area (Å²) in [5.41, 5.74) is 11.5. The zero-order chi connectivity index (χ0) is 14.5. The maximum Gasteiger partial charge on any atom is 0.0593 e. The van der Waals surface area contributed by atoms with Crippen molar-refractivity contribution in [1.82, 2.24) is 9.88 Å². The summed E-state index contributed by atoms with van der Waals surface area (Å²) in [6.45, 7) is 9.00. The fourth-order valence-corrected chi connectivity index (χ4v) is 2.28. The summed E-state index contributed by atoms with van der Waals surface area (Å²) in [6.07, 6.45) is 1.87. The summed E-state index contributed by atoms with van der Waals surface area (Å²) >= 11 is 0. The Kier molecular flexibility index (Phi) is 4.74. The molecule has 3 heteroatoms. The number of rotatable bonds is 5. The zero-order valence-electron chi connectivity index (χ0n) is 12.6. The number of benzene rings is 1. The lowest BCUT2D eigenvalue weighted by atomic mass is 10.1. The van der Waals surface area contributed by atoms with Crippen molar-refractivity contribution < 1.29 is 0 Å². The van der Waals surface area contributed by atoms with Gasteiger partial charge in [0.25, 0.3) is 0 Å². The lowest BCUT2D eigenvalue weighted by molar-refractivity contribution is 0.267. The molecular weight excluding hydrogens is 246 g/mol. The van der Waals surface area contributed by atoms with E-state index in [1.165, 1.54) is 5.56 Å². The quantitative estimate of drug-likeness (QED) is 0.905. The van der Waals surface area contributed by atoms with Gasteiger partial charge in [-0.05, 0) is 37.1 Å². The first-order chi connectivity index (χ1) is 9.61. The van der Waals surface area contributed by atoms with E-state index in [0.717, 1.165) is 42.1 Å². The molecule has 2 aromatic rings. The lowest BCUT2D eigenvalue weighted by Gasteiger charge is -2.21. The van der Waals surface area contributed by atoms with Crippen LogP contribution in [0.2, 0.25) is 0 Å². The fraction of sp³-hybridized carbons (Fsp3) is 0.353. The smallest absolute Gasteiger partial charge is 0.0593 e. The Morgan fingerprint density at radius 3 is 2.45 bits per heavy atom. The van der Waals surface area contributed by atoms with Gasteiger partial charge in [0.15, 0.2) is 0 Å². The second-order valence-electron chi connectivity index (χ2n) is 5.22. The molecule has 0 bridgehead atoms. The summed E-state index contributed by atoms with van der Waals surface area (Å²) in [6, 6.07) is 10.5. The number of nitrogens with zero attached hydrogens (tertiary/aromatic N) is 2. The minimum atomic E-state index is 0.835. The lowest BCUT2D eigenvalue weighted by Crippen LogP contribution is -2.23. The highest BCUT2D eigenvalue weighted by molar-refractivity contribution is 5.53. The van der Waals surface area contributed by atoms with E-state index in [2.05, 4.69) is 48.0 Å². The van der Waals surface area contributed by atoms with E-state index in [0.29, 0.717) is 0 Å². The molecule has 3 nitrogen and oxygen atoms in total. The van der Waals surface area contributed by atoms with Crippen LogP contribution in [0.15, 0.2) is 36.5 Å². The van der Waals surface area contributed by atoms with Gasteiger partial charge >= 0.3 is 0 Å². The molecule has 1 heterocycles. The van der Waals surface area contributed by atoms with Gasteiger partial charge in [-0.2, -0.15) is 0 Å². The zero-order valence-corrected chi connectivity index (χ0v) is 12.6. The molecule has 0 aliphatic rings. The SMILES string of the molecule is CCN(Cc1ccccc1)Cc1ncc(C)c(N)c1C. The van der Waals surface area contributed by atoms with Crippen LogP contribution in [-0.2, 0) is 13.1 Å². The van der Waals surface area contributed by atoms with E-state index >= 15 is 0 Å². The van der Waals surface area contributed by atoms with Gasteiger partial charge in [-0.15, -0.1) is 0 Å². The third-order valence-electron chi connectivity index (χ3n) is 3.75. The second-order valence-corrected chi connectivity index (χ2v) is 5.22. The maximum absolute atomic E-state index is 6.09. The van der Waals surface area contributed by atoms with Crippen LogP contribution < -0.4 is 5.73 Å². The Hall–Kier alpha value is -1.87. The molecule has 1 aromatic carbocycles. The van der Waals surface area contributed by atoms with Crippen LogP contribution in [-0.4, -0.2) is 16.4 Å². The molecule has 0 atom stereocenters. The van der Waals surface area contributed by atoms with E-state index < -0.39 is 0 Å². The number of nitrogen functional groups attached to an aromatic ring is 1. The van der Waals surface area contributed by atoms with Crippen molar-refractivity contribution in [2.75, 3.05) is 12.3 Å². The number of aromatic nitrogens is 1. The van der Waals surface area contributed by atoms with Crippen LogP contribution in [0.4, 0.5) is 5.69 Å². The highest BCUT2D eigenvalue weighted by atomic mass is 15.1. The normalized spacial score (nSPS) is 11.0. The molecule has 106 valence electrons. The maximum atomic E-state index is 6.09. The number of nitrogens with two attached hydrogens (primary N) is 1. The molecule has 2 N–H and O–H groups in total. The molecule has 1 aromatic heterocycles. The Morgan fingerprint density at radius 1 is 1.10 bits per heavy atom. The predicted molar refractivity (Wildman–Crippen MR) is 84.4 cm³/mol. The van der Waals surface area contributed by atoms with Gasteiger partial charge < -0.3 is 5.73 Å². The van der Waals surface area contributed by atoms with Crippen molar-refractivity contribution in [3.05, 3.63) is 58.9 Å². The fourth-order valence-electron chi connectivity index (χ4n) is 2.28. The third-order valence-corrected chi connectivity index (χ3v) is 3.75. The van der Waals surface area contributed by atoms with Crippen LogP contribution in [0, 0.1) is 13.8 Å². The Balaban J connectivity index is 2.13. The number of hydrogen-bond acceptors (Lipinski definition) is 3. The standard InChI is InChI=1S/C17H23N3/c1-4-20(11-15-8-6-5-7-9-15)12-16-14(3)17(18)13(2)10-19-16/h5-10H,4,11-12H2,1-3H3,(H2,18,19). The van der Waals surface area contributed by atoms with Gasteiger partial charge in [0.05, 0.1) is 5.69 Å². The number of anilines is 1. The molecule has 0 unspecified atom stereocenters. The summed E-state index contributed by atoms with van der Waals surface area (Å²) in [7, 11) is 0. The number of hydrogen-bond donors (Lipinski definition) is 1. The molecule has 20 heavy (non-hydrogen) atoms. The van der Waals surface area contributed by atoms with Crippen molar-refractivity contribution in [3.63, 3.8) is 0 Å². The van der Waals surface area contributed by atoms with E-state index in [-0.39, 0.29) is 0 Å². The van der Waals surface area contributed by atoms with Gasteiger partial charge in [-0.25, -0.2) is 0 Å². The highest BCUT2D eigenvalue weighted by Crippen LogP contribution is 2.19. The minimum absolute atomic E-state index is 0.835. The van der Waals surface area contributed by atoms with Gasteiger partial charge in [-0.1, -0.05) is 37.3 Å². The first-order valence-electron chi connectivity index (χ1n) is 7.08. The minimum Gasteiger partial charge on any atom is -0.398 e. The highest BCUT2D eigenvalue weighted by Gasteiger charge is 2.10. The first kappa shape index (κ1) is 14.5. The predicted octanol–water partition coefficient (Wildman–Crippen LogP) is 3.30. The van der Waals surface area contributed by atoms with Crippen LogP contribution >= 0.6 is 0 Å². The van der Waals surface area contributed by atoms with Gasteiger partial charge in [-0.3, -0.25) is 9.88 Å². The molecule has 2 rings (SSSR count). The van der Waals surface area contributed by atoms with E-state index in [1.54, 1.807) is 0 Å². The molecule has 0 amide bonds. The van der Waals surface area contributed by atoms with E-state index in [9.17, 15) is 0 Å². The molecule has 0 fully saturated rings. The first-order valence-corrected chi connectivity index (χ1v) is 7.08. The summed E-state index contributed by atoms with van der Waals surface area (Å²) in [5, 5.41) is 0. The summed E-state index contributed by atoms with van der Waals surface area (Å²) < 4.78 is 0. The Labute approximate surface area is 121 Å². The third kappa shape index (κ3) is 3.36. The van der Waals surface area contributed by atoms with E-state index in [1.807, 2.05) is 19.2 Å². The van der Waals surface area contributed by atoms with Crippen LogP contribution in [0.3, 0.4) is 0 Å². The van der Waals surface area contributed by atoms with Gasteiger partial charge in [0.1, 0.15) is 0 Å².